The van der Waals surface area contributed by atoms with Gasteiger partial charge in [-0.3, -0.25) is 9.48 Å². The first-order chi connectivity index (χ1) is 16.9. The summed E-state index contributed by atoms with van der Waals surface area (Å²) in [5, 5.41) is 13.6. The van der Waals surface area contributed by atoms with E-state index in [4.69, 9.17) is 9.47 Å². The van der Waals surface area contributed by atoms with Crippen LogP contribution in [0.3, 0.4) is 0 Å². The van der Waals surface area contributed by atoms with Gasteiger partial charge < -0.3 is 19.1 Å². The Morgan fingerprint density at radius 2 is 1.94 bits per heavy atom. The molecule has 180 valence electrons. The number of halogens is 2. The Kier molecular flexibility index (Phi) is 5.94. The largest absolute Gasteiger partial charge is 0.492 e. The van der Waals surface area contributed by atoms with E-state index in [2.05, 4.69) is 5.10 Å². The smallest absolute Gasteiger partial charge is 0.387 e. The SMILES string of the molecule is O=C(O)c1cn(C2CC2)c2c(OC(F)F)c(-c3ccc(OCCn4cccn4)cc3)ccc2c1=O. The van der Waals surface area contributed by atoms with Crippen LogP contribution in [0.1, 0.15) is 29.2 Å². The van der Waals surface area contributed by atoms with E-state index in [9.17, 15) is 23.5 Å². The molecule has 0 atom stereocenters. The molecular formula is C25H21F2N3O5. The van der Waals surface area contributed by atoms with Crippen LogP contribution >= 0.6 is 0 Å². The lowest BCUT2D eigenvalue weighted by molar-refractivity contribution is -0.0486. The summed E-state index contributed by atoms with van der Waals surface area (Å²) in [6.07, 6.45) is 6.24. The molecule has 2 aromatic heterocycles. The maximum absolute atomic E-state index is 13.5. The highest BCUT2D eigenvalue weighted by molar-refractivity contribution is 5.97. The van der Waals surface area contributed by atoms with Crippen LogP contribution in [0.25, 0.3) is 22.0 Å². The molecule has 2 heterocycles. The zero-order chi connectivity index (χ0) is 24.5. The van der Waals surface area contributed by atoms with Crippen molar-refractivity contribution in [1.82, 2.24) is 14.3 Å². The van der Waals surface area contributed by atoms with Crippen LogP contribution in [0.15, 0.2) is 65.8 Å². The lowest BCUT2D eigenvalue weighted by atomic mass is 10.0. The molecule has 2 aromatic carbocycles. The van der Waals surface area contributed by atoms with Crippen molar-refractivity contribution in [3.63, 3.8) is 0 Å². The number of aromatic nitrogens is 3. The number of alkyl halides is 2. The van der Waals surface area contributed by atoms with E-state index in [1.807, 2.05) is 12.3 Å². The summed E-state index contributed by atoms with van der Waals surface area (Å²) in [7, 11) is 0. The number of carboxylic acids is 1. The van der Waals surface area contributed by atoms with Crippen molar-refractivity contribution in [2.75, 3.05) is 6.61 Å². The topological polar surface area (TPSA) is 95.6 Å². The Balaban J connectivity index is 1.54. The quantitative estimate of drug-likeness (QED) is 0.376. The van der Waals surface area contributed by atoms with Crippen molar-refractivity contribution in [1.29, 1.82) is 0 Å². The number of carbonyl (C=O) groups is 1. The molecule has 0 unspecified atom stereocenters. The number of pyridine rings is 1. The standard InChI is InChI=1S/C25H21F2N3O5/c26-25(27)35-23-18(15-2-6-17(7-3-15)34-13-12-29-11-1-10-28-29)8-9-19-21(23)30(16-4-5-16)14-20(22(19)31)24(32)33/h1-3,6-11,14,16,25H,4-5,12-13H2,(H,32,33). The van der Waals surface area contributed by atoms with Crippen molar-refractivity contribution < 1.29 is 28.2 Å². The molecule has 0 radical (unpaired) electrons. The van der Waals surface area contributed by atoms with Crippen LogP contribution in [0.4, 0.5) is 8.78 Å². The third-order valence-electron chi connectivity index (χ3n) is 5.84. The maximum atomic E-state index is 13.5. The first-order valence-electron chi connectivity index (χ1n) is 11.0. The van der Waals surface area contributed by atoms with Gasteiger partial charge in [0.15, 0.2) is 5.75 Å². The number of rotatable bonds is 9. The first kappa shape index (κ1) is 22.6. The molecule has 4 aromatic rings. The van der Waals surface area contributed by atoms with E-state index < -0.39 is 23.6 Å². The molecule has 1 aliphatic rings. The summed E-state index contributed by atoms with van der Waals surface area (Å²) in [6, 6.07) is 11.6. The van der Waals surface area contributed by atoms with E-state index in [0.29, 0.717) is 30.0 Å². The normalized spacial score (nSPS) is 13.3. The molecule has 0 aliphatic heterocycles. The van der Waals surface area contributed by atoms with Crippen molar-refractivity contribution >= 4 is 16.9 Å². The van der Waals surface area contributed by atoms with Gasteiger partial charge in [0.2, 0.25) is 5.43 Å². The second-order valence-corrected chi connectivity index (χ2v) is 8.17. The van der Waals surface area contributed by atoms with Gasteiger partial charge in [0.1, 0.15) is 17.9 Å². The first-order valence-corrected chi connectivity index (χ1v) is 11.0. The third kappa shape index (κ3) is 4.59. The molecule has 1 saturated carbocycles. The zero-order valence-electron chi connectivity index (χ0n) is 18.4. The van der Waals surface area contributed by atoms with E-state index in [1.54, 1.807) is 39.7 Å². The fourth-order valence-electron chi connectivity index (χ4n) is 4.07. The second-order valence-electron chi connectivity index (χ2n) is 8.17. The number of hydrogen-bond acceptors (Lipinski definition) is 5. The number of hydrogen-bond donors (Lipinski definition) is 1. The molecule has 35 heavy (non-hydrogen) atoms. The zero-order valence-corrected chi connectivity index (χ0v) is 18.4. The summed E-state index contributed by atoms with van der Waals surface area (Å²) in [4.78, 5) is 24.4. The van der Waals surface area contributed by atoms with Crippen LogP contribution in [-0.4, -0.2) is 38.6 Å². The van der Waals surface area contributed by atoms with Gasteiger partial charge in [0, 0.05) is 30.2 Å². The highest BCUT2D eigenvalue weighted by Crippen LogP contribution is 2.43. The summed E-state index contributed by atoms with van der Waals surface area (Å²) in [6.45, 7) is -2.16. The Hall–Kier alpha value is -4.21. The molecule has 0 saturated heterocycles. The minimum Gasteiger partial charge on any atom is -0.492 e. The molecule has 0 spiro atoms. The molecule has 0 bridgehead atoms. The molecule has 10 heteroatoms. The van der Waals surface area contributed by atoms with Crippen molar-refractivity contribution in [2.45, 2.75) is 32.0 Å². The number of aromatic carboxylic acids is 1. The van der Waals surface area contributed by atoms with Gasteiger partial charge in [0.05, 0.1) is 17.4 Å². The van der Waals surface area contributed by atoms with Gasteiger partial charge in [0.25, 0.3) is 0 Å². The number of fused-ring (bicyclic) bond motifs is 1. The third-order valence-corrected chi connectivity index (χ3v) is 5.84. The van der Waals surface area contributed by atoms with E-state index in [1.165, 1.54) is 18.3 Å². The molecule has 0 amide bonds. The Morgan fingerprint density at radius 3 is 2.57 bits per heavy atom. The number of nitrogens with zero attached hydrogens (tertiary/aromatic N) is 3. The highest BCUT2D eigenvalue weighted by Gasteiger charge is 2.30. The fraction of sp³-hybridized carbons (Fsp3) is 0.240. The summed E-state index contributed by atoms with van der Waals surface area (Å²) in [5.41, 5.74) is -0.0375. The predicted molar refractivity (Wildman–Crippen MR) is 123 cm³/mol. The van der Waals surface area contributed by atoms with Crippen LogP contribution in [0, 0.1) is 0 Å². The minimum absolute atomic E-state index is 0.0229. The number of benzene rings is 2. The van der Waals surface area contributed by atoms with Crippen LogP contribution in [0.2, 0.25) is 0 Å². The molecule has 1 fully saturated rings. The Labute approximate surface area is 197 Å². The average Bonchev–Trinajstić information content (AvgIpc) is 3.55. The van der Waals surface area contributed by atoms with Crippen molar-refractivity contribution in [3.05, 3.63) is 76.8 Å². The molecule has 8 nitrogen and oxygen atoms in total. The van der Waals surface area contributed by atoms with E-state index in [0.717, 1.165) is 12.8 Å². The van der Waals surface area contributed by atoms with Crippen LogP contribution in [-0.2, 0) is 6.54 Å². The highest BCUT2D eigenvalue weighted by atomic mass is 19.3. The summed E-state index contributed by atoms with van der Waals surface area (Å²) >= 11 is 0. The van der Waals surface area contributed by atoms with Gasteiger partial charge in [-0.1, -0.05) is 12.1 Å². The molecular weight excluding hydrogens is 460 g/mol. The summed E-state index contributed by atoms with van der Waals surface area (Å²) in [5.74, 6) is -0.931. The Bertz CT molecular complexity index is 1430. The number of ether oxygens (including phenoxy) is 2. The lowest BCUT2D eigenvalue weighted by Crippen LogP contribution is -2.19. The fourth-order valence-corrected chi connectivity index (χ4v) is 4.07. The van der Waals surface area contributed by atoms with Crippen molar-refractivity contribution in [3.8, 4) is 22.6 Å². The lowest BCUT2D eigenvalue weighted by Gasteiger charge is -2.19. The summed E-state index contributed by atoms with van der Waals surface area (Å²) < 4.78 is 41.0. The van der Waals surface area contributed by atoms with E-state index >= 15 is 0 Å². The Morgan fingerprint density at radius 1 is 1.17 bits per heavy atom. The second kappa shape index (κ2) is 9.21. The predicted octanol–water partition coefficient (Wildman–Crippen LogP) is 4.58. The molecule has 1 aliphatic carbocycles. The average molecular weight is 481 g/mol. The van der Waals surface area contributed by atoms with Gasteiger partial charge in [-0.05, 0) is 48.7 Å². The van der Waals surface area contributed by atoms with Crippen molar-refractivity contribution in [2.24, 2.45) is 0 Å². The van der Waals surface area contributed by atoms with Gasteiger partial charge in [-0.2, -0.15) is 13.9 Å². The van der Waals surface area contributed by atoms with Crippen LogP contribution < -0.4 is 14.9 Å². The van der Waals surface area contributed by atoms with Crippen LogP contribution in [0.5, 0.6) is 11.5 Å². The van der Waals surface area contributed by atoms with Gasteiger partial charge >= 0.3 is 12.6 Å². The molecule has 5 rings (SSSR count). The van der Waals surface area contributed by atoms with E-state index in [-0.39, 0.29) is 22.7 Å². The van der Waals surface area contributed by atoms with Gasteiger partial charge in [-0.25, -0.2) is 4.79 Å². The van der Waals surface area contributed by atoms with Gasteiger partial charge in [-0.15, -0.1) is 0 Å². The monoisotopic (exact) mass is 481 g/mol. The number of carboxylic acid groups (broad SMARTS) is 1. The molecule has 1 N–H and O–H groups in total. The maximum Gasteiger partial charge on any atom is 0.387 e. The minimum atomic E-state index is -3.13.